The van der Waals surface area contributed by atoms with Crippen molar-refractivity contribution in [3.8, 4) is 0 Å². The smallest absolute Gasteiger partial charge is 0.274 e. The number of amides is 2. The number of nitrogens with zero attached hydrogens (tertiary/aromatic N) is 1. The Bertz CT molecular complexity index is 1130. The van der Waals surface area contributed by atoms with Gasteiger partial charge in [-0.05, 0) is 65.4 Å². The molecule has 6 nitrogen and oxygen atoms in total. The Hall–Kier alpha value is -3.01. The fourth-order valence-electron chi connectivity index (χ4n) is 2.92. The summed E-state index contributed by atoms with van der Waals surface area (Å²) in [6.45, 7) is 1.96. The second kappa shape index (κ2) is 12.3. The maximum absolute atomic E-state index is 13.0. The Balaban J connectivity index is 1.64. The van der Waals surface area contributed by atoms with E-state index in [9.17, 15) is 14.0 Å². The second-order valence-electron chi connectivity index (χ2n) is 7.16. The normalized spacial score (nSPS) is 11.0. The van der Waals surface area contributed by atoms with Gasteiger partial charge in [0.25, 0.3) is 11.8 Å². The number of benzene rings is 2. The van der Waals surface area contributed by atoms with E-state index in [1.54, 1.807) is 42.3 Å². The molecular weight excluding hydrogens is 461 g/mol. The molecule has 2 aromatic carbocycles. The second-order valence-corrected chi connectivity index (χ2v) is 9.14. The molecule has 0 aliphatic carbocycles. The van der Waals surface area contributed by atoms with Gasteiger partial charge in [0.1, 0.15) is 10.8 Å². The molecule has 1 heterocycles. The van der Waals surface area contributed by atoms with E-state index in [0.29, 0.717) is 21.7 Å². The molecular formula is C24H24FN3O3S2. The fourth-order valence-corrected chi connectivity index (χ4v) is 4.75. The third kappa shape index (κ3) is 7.24. The van der Waals surface area contributed by atoms with Crippen molar-refractivity contribution in [3.05, 3.63) is 87.5 Å². The van der Waals surface area contributed by atoms with Crippen molar-refractivity contribution >= 4 is 46.1 Å². The van der Waals surface area contributed by atoms with Crippen molar-refractivity contribution in [2.45, 2.75) is 19.1 Å². The van der Waals surface area contributed by atoms with Gasteiger partial charge in [0.15, 0.2) is 0 Å². The molecule has 0 spiro atoms. The number of hydrogen-bond acceptors (Lipinski definition) is 6. The van der Waals surface area contributed by atoms with Crippen molar-refractivity contribution in [3.63, 3.8) is 0 Å². The summed E-state index contributed by atoms with van der Waals surface area (Å²) in [5.74, 6) is 0.499. The molecule has 172 valence electrons. The lowest BCUT2D eigenvalue weighted by atomic mass is 10.1. The number of aliphatic hydroxyl groups is 1. The van der Waals surface area contributed by atoms with Crippen LogP contribution in [0.1, 0.15) is 43.8 Å². The van der Waals surface area contributed by atoms with Crippen LogP contribution in [-0.2, 0) is 5.75 Å². The first kappa shape index (κ1) is 24.6. The highest BCUT2D eigenvalue weighted by Crippen LogP contribution is 2.28. The number of carbonyl (C=O) groups is 2. The number of carbonyl (C=O) groups excluding carboxylic acids is 2. The average molecular weight is 486 g/mol. The van der Waals surface area contributed by atoms with Gasteiger partial charge in [0, 0.05) is 17.9 Å². The zero-order valence-corrected chi connectivity index (χ0v) is 19.6. The van der Waals surface area contributed by atoms with E-state index in [2.05, 4.69) is 15.8 Å². The molecule has 0 saturated carbocycles. The van der Waals surface area contributed by atoms with Gasteiger partial charge < -0.3 is 10.4 Å². The predicted octanol–water partition coefficient (Wildman–Crippen LogP) is 4.83. The minimum absolute atomic E-state index is 0.170. The molecule has 3 rings (SSSR count). The lowest BCUT2D eigenvalue weighted by Crippen LogP contribution is -2.21. The molecule has 9 heteroatoms. The van der Waals surface area contributed by atoms with Gasteiger partial charge >= 0.3 is 0 Å². The molecule has 0 bridgehead atoms. The van der Waals surface area contributed by atoms with Gasteiger partial charge in [-0.15, -0.1) is 11.3 Å². The van der Waals surface area contributed by atoms with Gasteiger partial charge in [0.05, 0.1) is 11.8 Å². The van der Waals surface area contributed by atoms with Crippen LogP contribution in [0, 0.1) is 12.7 Å². The predicted molar refractivity (Wildman–Crippen MR) is 133 cm³/mol. The molecule has 0 aliphatic heterocycles. The molecule has 2 amide bonds. The summed E-state index contributed by atoms with van der Waals surface area (Å²) < 4.78 is 13.0. The topological polar surface area (TPSA) is 90.8 Å². The van der Waals surface area contributed by atoms with Gasteiger partial charge in [-0.1, -0.05) is 24.3 Å². The van der Waals surface area contributed by atoms with E-state index in [4.69, 9.17) is 5.11 Å². The largest absolute Gasteiger partial charge is 0.396 e. The number of halogens is 1. The van der Waals surface area contributed by atoms with E-state index >= 15 is 0 Å². The summed E-state index contributed by atoms with van der Waals surface area (Å²) in [5, 5.41) is 17.9. The molecule has 0 fully saturated rings. The maximum atomic E-state index is 13.0. The van der Waals surface area contributed by atoms with Gasteiger partial charge in [-0.2, -0.15) is 16.9 Å². The third-order valence-corrected chi connectivity index (χ3v) is 6.71. The number of anilines is 1. The number of nitrogens with one attached hydrogen (secondary N) is 2. The minimum Gasteiger partial charge on any atom is -0.396 e. The van der Waals surface area contributed by atoms with Crippen molar-refractivity contribution in [1.82, 2.24) is 5.43 Å². The Kier molecular flexibility index (Phi) is 9.17. The lowest BCUT2D eigenvalue weighted by molar-refractivity contribution is 0.0956. The van der Waals surface area contributed by atoms with Crippen LogP contribution >= 0.6 is 23.1 Å². The first-order chi connectivity index (χ1) is 16.0. The molecule has 0 unspecified atom stereocenters. The number of hydrogen-bond donors (Lipinski definition) is 3. The van der Waals surface area contributed by atoms with Gasteiger partial charge in [-0.25, -0.2) is 9.82 Å². The number of thiophene rings is 1. The summed E-state index contributed by atoms with van der Waals surface area (Å²) in [5.41, 5.74) is 5.68. The third-order valence-electron chi connectivity index (χ3n) is 4.58. The van der Waals surface area contributed by atoms with Crippen molar-refractivity contribution in [2.24, 2.45) is 5.10 Å². The van der Waals surface area contributed by atoms with Crippen LogP contribution in [0.25, 0.3) is 0 Å². The van der Waals surface area contributed by atoms with Crippen LogP contribution in [0.3, 0.4) is 0 Å². The van der Waals surface area contributed by atoms with Crippen molar-refractivity contribution in [1.29, 1.82) is 0 Å². The molecule has 0 radical (unpaired) electrons. The van der Waals surface area contributed by atoms with Crippen LogP contribution in [0.15, 0.2) is 59.0 Å². The lowest BCUT2D eigenvalue weighted by Gasteiger charge is -2.08. The zero-order valence-electron chi connectivity index (χ0n) is 18.0. The summed E-state index contributed by atoms with van der Waals surface area (Å²) in [6, 6.07) is 13.0. The Morgan fingerprint density at radius 1 is 1.18 bits per heavy atom. The Morgan fingerprint density at radius 3 is 2.73 bits per heavy atom. The Labute approximate surface area is 199 Å². The van der Waals surface area contributed by atoms with E-state index in [-0.39, 0.29) is 18.3 Å². The van der Waals surface area contributed by atoms with Crippen LogP contribution in [0.5, 0.6) is 0 Å². The van der Waals surface area contributed by atoms with Crippen LogP contribution < -0.4 is 10.7 Å². The standard InChI is InChI=1S/C24H24FN3O3S2/c1-16-14-33-24(21(16)23(31)28-26-13-17-6-8-20(25)9-7-17)27-22(30)19-5-2-4-18(12-19)15-32-11-3-10-29/h2,4-9,12-14,29H,3,10-11,15H2,1H3,(H,27,30)(H,28,31)/b26-13+. The first-order valence-electron chi connectivity index (χ1n) is 10.2. The quantitative estimate of drug-likeness (QED) is 0.218. The number of rotatable bonds is 10. The summed E-state index contributed by atoms with van der Waals surface area (Å²) in [7, 11) is 0. The highest BCUT2D eigenvalue weighted by atomic mass is 32.2. The maximum Gasteiger partial charge on any atom is 0.274 e. The molecule has 1 aromatic heterocycles. The molecule has 0 aliphatic rings. The van der Waals surface area contributed by atoms with Crippen LogP contribution in [0.2, 0.25) is 0 Å². The molecule has 33 heavy (non-hydrogen) atoms. The van der Waals surface area contributed by atoms with Crippen LogP contribution in [0.4, 0.5) is 9.39 Å². The molecule has 3 N–H and O–H groups in total. The van der Waals surface area contributed by atoms with Crippen molar-refractivity contribution < 1.29 is 19.1 Å². The molecule has 3 aromatic rings. The highest BCUT2D eigenvalue weighted by molar-refractivity contribution is 7.98. The highest BCUT2D eigenvalue weighted by Gasteiger charge is 2.19. The summed E-state index contributed by atoms with van der Waals surface area (Å²) in [6.07, 6.45) is 2.16. The monoisotopic (exact) mass is 485 g/mol. The SMILES string of the molecule is Cc1csc(NC(=O)c2cccc(CSCCCO)c2)c1C(=O)N/N=C/c1ccc(F)cc1. The average Bonchev–Trinajstić information content (AvgIpc) is 3.18. The van der Waals surface area contributed by atoms with Gasteiger partial charge in [-0.3, -0.25) is 9.59 Å². The van der Waals surface area contributed by atoms with E-state index in [1.165, 1.54) is 29.7 Å². The molecule has 0 atom stereocenters. The van der Waals surface area contributed by atoms with E-state index in [1.807, 2.05) is 18.2 Å². The van der Waals surface area contributed by atoms with Crippen molar-refractivity contribution in [2.75, 3.05) is 17.7 Å². The zero-order chi connectivity index (χ0) is 23.6. The number of hydrazone groups is 1. The number of aryl methyl sites for hydroxylation is 1. The minimum atomic E-state index is -0.448. The summed E-state index contributed by atoms with van der Waals surface area (Å²) in [4.78, 5) is 25.5. The molecule has 0 saturated heterocycles. The van der Waals surface area contributed by atoms with Crippen LogP contribution in [-0.4, -0.2) is 35.5 Å². The first-order valence-corrected chi connectivity index (χ1v) is 12.3. The number of thioether (sulfide) groups is 1. The van der Waals surface area contributed by atoms with Gasteiger partial charge in [0.2, 0.25) is 0 Å². The van der Waals surface area contributed by atoms with E-state index in [0.717, 1.165) is 29.1 Å². The van der Waals surface area contributed by atoms with E-state index < -0.39 is 5.91 Å². The summed E-state index contributed by atoms with van der Waals surface area (Å²) >= 11 is 2.97. The number of aliphatic hydroxyl groups excluding tert-OH is 1. The fraction of sp³-hybridized carbons (Fsp3) is 0.208. The Morgan fingerprint density at radius 2 is 1.97 bits per heavy atom.